The van der Waals surface area contributed by atoms with Crippen LogP contribution >= 0.6 is 0 Å². The van der Waals surface area contributed by atoms with E-state index < -0.39 is 86.8 Å². The molecule has 0 saturated carbocycles. The van der Waals surface area contributed by atoms with Crippen molar-refractivity contribution in [1.82, 2.24) is 5.32 Å². The minimum absolute atomic E-state index is 0.203. The van der Waals surface area contributed by atoms with Crippen molar-refractivity contribution in [3.63, 3.8) is 0 Å². The van der Waals surface area contributed by atoms with E-state index in [1.807, 2.05) is 0 Å². The molecule has 9 N–H and O–H groups in total. The van der Waals surface area contributed by atoms with Gasteiger partial charge < -0.3 is 65.1 Å². The lowest BCUT2D eigenvalue weighted by molar-refractivity contribution is -0.359. The van der Waals surface area contributed by atoms with Gasteiger partial charge in [-0.15, -0.1) is 0 Å². The monoisotopic (exact) mass is 1210 g/mol. The molecule has 0 spiro atoms. The number of aliphatic hydroxyl groups excluding tert-OH is 8. The zero-order valence-electron chi connectivity index (χ0n) is 54.1. The van der Waals surface area contributed by atoms with Gasteiger partial charge in [0, 0.05) is 6.42 Å². The van der Waals surface area contributed by atoms with E-state index in [-0.39, 0.29) is 12.5 Å². The summed E-state index contributed by atoms with van der Waals surface area (Å²) in [6, 6.07) is -0.825. The second kappa shape index (κ2) is 56.0. The summed E-state index contributed by atoms with van der Waals surface area (Å²) >= 11 is 0. The number of ether oxygens (including phenoxy) is 4. The summed E-state index contributed by atoms with van der Waals surface area (Å²) in [6.45, 7) is 2.75. The normalized spacial score (nSPS) is 23.8. The standard InChI is InChI=1S/C71H131NO13/c1-3-5-7-9-11-13-15-16-17-18-19-20-21-22-23-24-25-26-27-28-29-30-31-32-33-34-35-36-37-38-39-40-41-42-43-44-45-47-49-51-53-55-63(76)72-59(60(75)54-52-50-48-46-14-12-10-8-6-4-2)58-82-70-68(81)66(79)69(62(57-74)84-70)85-71-67(80)65(78)64(77)61(56-73)83-71/h5,7,11,13,16-17,19-20,59-62,64-71,73-75,77-81H,3-4,6,8-10,12,14-15,18,21-58H2,1-2H3,(H,72,76)/b7-5-,13-11-,17-16-,20-19-. The van der Waals surface area contributed by atoms with Gasteiger partial charge in [-0.05, 0) is 51.4 Å². The van der Waals surface area contributed by atoms with Crippen LogP contribution in [0.1, 0.15) is 303 Å². The van der Waals surface area contributed by atoms with Crippen LogP contribution in [0.3, 0.4) is 0 Å². The molecular weight excluding hydrogens is 1070 g/mol. The third-order valence-electron chi connectivity index (χ3n) is 17.3. The molecule has 0 radical (unpaired) electrons. The third kappa shape index (κ3) is 40.3. The molecule has 0 aromatic rings. The van der Waals surface area contributed by atoms with Crippen molar-refractivity contribution in [2.24, 2.45) is 0 Å². The molecular formula is C71H131NO13. The van der Waals surface area contributed by atoms with Crippen molar-refractivity contribution < 1.29 is 64.6 Å². The van der Waals surface area contributed by atoms with Gasteiger partial charge in [-0.25, -0.2) is 0 Å². The second-order valence-electron chi connectivity index (χ2n) is 25.0. The first-order valence-corrected chi connectivity index (χ1v) is 35.4. The Bertz CT molecular complexity index is 1610. The highest BCUT2D eigenvalue weighted by atomic mass is 16.7. The third-order valence-corrected chi connectivity index (χ3v) is 17.3. The van der Waals surface area contributed by atoms with Gasteiger partial charge in [-0.1, -0.05) is 294 Å². The first-order chi connectivity index (χ1) is 41.6. The summed E-state index contributed by atoms with van der Waals surface area (Å²) in [5, 5.41) is 87.2. The van der Waals surface area contributed by atoms with Crippen LogP contribution < -0.4 is 5.32 Å². The maximum atomic E-state index is 13.3. The molecule has 2 aliphatic heterocycles. The van der Waals surface area contributed by atoms with Crippen molar-refractivity contribution in [1.29, 1.82) is 0 Å². The van der Waals surface area contributed by atoms with E-state index in [2.05, 4.69) is 67.8 Å². The van der Waals surface area contributed by atoms with Gasteiger partial charge in [0.1, 0.15) is 48.8 Å². The molecule has 12 unspecified atom stereocenters. The minimum atomic E-state index is -1.78. The Morgan fingerprint density at radius 2 is 0.812 bits per heavy atom. The van der Waals surface area contributed by atoms with Crippen LogP contribution in [-0.4, -0.2) is 140 Å². The average Bonchev–Trinajstić information content (AvgIpc) is 2.93. The molecule has 85 heavy (non-hydrogen) atoms. The number of carbonyl (C=O) groups excluding carboxylic acids is 1. The minimum Gasteiger partial charge on any atom is -0.394 e. The van der Waals surface area contributed by atoms with E-state index in [1.54, 1.807) is 0 Å². The number of hydrogen-bond acceptors (Lipinski definition) is 13. The average molecular weight is 1210 g/mol. The van der Waals surface area contributed by atoms with E-state index in [0.717, 1.165) is 77.0 Å². The number of allylic oxidation sites excluding steroid dienone is 8. The van der Waals surface area contributed by atoms with E-state index >= 15 is 0 Å². The van der Waals surface area contributed by atoms with Crippen LogP contribution in [0.15, 0.2) is 48.6 Å². The van der Waals surface area contributed by atoms with Gasteiger partial charge in [-0.2, -0.15) is 0 Å². The van der Waals surface area contributed by atoms with E-state index in [9.17, 15) is 45.6 Å². The van der Waals surface area contributed by atoms with Crippen molar-refractivity contribution in [2.45, 2.75) is 376 Å². The highest BCUT2D eigenvalue weighted by Crippen LogP contribution is 2.30. The Hall–Kier alpha value is -2.05. The number of unbranched alkanes of at least 4 members (excludes halogenated alkanes) is 37. The molecule has 0 bridgehead atoms. The molecule has 2 rings (SSSR count). The molecule has 0 aromatic carbocycles. The molecule has 14 heteroatoms. The van der Waals surface area contributed by atoms with Crippen molar-refractivity contribution in [3.8, 4) is 0 Å². The van der Waals surface area contributed by atoms with E-state index in [0.29, 0.717) is 12.8 Å². The van der Waals surface area contributed by atoms with Gasteiger partial charge in [0.2, 0.25) is 5.91 Å². The summed E-state index contributed by atoms with van der Waals surface area (Å²) < 4.78 is 22.8. The lowest BCUT2D eigenvalue weighted by Gasteiger charge is -2.46. The number of hydrogen-bond donors (Lipinski definition) is 9. The largest absolute Gasteiger partial charge is 0.394 e. The van der Waals surface area contributed by atoms with E-state index in [4.69, 9.17) is 18.9 Å². The van der Waals surface area contributed by atoms with Gasteiger partial charge in [0.05, 0.1) is 32.0 Å². The lowest BCUT2D eigenvalue weighted by Crippen LogP contribution is -2.65. The maximum Gasteiger partial charge on any atom is 0.220 e. The first-order valence-electron chi connectivity index (χ1n) is 35.4. The predicted molar refractivity (Wildman–Crippen MR) is 346 cm³/mol. The van der Waals surface area contributed by atoms with Crippen LogP contribution in [0.4, 0.5) is 0 Å². The number of rotatable bonds is 58. The number of nitrogens with one attached hydrogen (secondary N) is 1. The van der Waals surface area contributed by atoms with E-state index in [1.165, 1.54) is 199 Å². The SMILES string of the molecule is CC/C=C\C/C=C\C/C=C\C/C=C\CCCCCCCCCCCCCCCCCCCCCCCCCCCCCCC(=O)NC(COC1OC(CO)C(OC2OC(CO)C(O)C(O)C2O)C(O)C1O)C(O)CCCCCCCCCCCC. The number of aliphatic hydroxyl groups is 8. The Morgan fingerprint density at radius 1 is 0.435 bits per heavy atom. The summed E-state index contributed by atoms with van der Waals surface area (Å²) in [5.41, 5.74) is 0. The summed E-state index contributed by atoms with van der Waals surface area (Å²) in [5.74, 6) is -0.203. The fourth-order valence-corrected chi connectivity index (χ4v) is 11.7. The van der Waals surface area contributed by atoms with Crippen molar-refractivity contribution in [3.05, 3.63) is 48.6 Å². The molecule has 12 atom stereocenters. The van der Waals surface area contributed by atoms with Crippen LogP contribution in [0.5, 0.6) is 0 Å². The quantitative estimate of drug-likeness (QED) is 0.0204. The Morgan fingerprint density at radius 3 is 1.25 bits per heavy atom. The van der Waals surface area contributed by atoms with Crippen molar-refractivity contribution in [2.75, 3.05) is 19.8 Å². The Kier molecular flexibility index (Phi) is 52.1. The van der Waals surface area contributed by atoms with Crippen molar-refractivity contribution >= 4 is 5.91 Å². The topological polar surface area (TPSA) is 228 Å². The number of carbonyl (C=O) groups is 1. The summed E-state index contributed by atoms with van der Waals surface area (Å²) in [6.07, 6.45) is 56.1. The highest BCUT2D eigenvalue weighted by molar-refractivity contribution is 5.76. The fourth-order valence-electron chi connectivity index (χ4n) is 11.7. The second-order valence-corrected chi connectivity index (χ2v) is 25.0. The molecule has 1 amide bonds. The molecule has 0 aliphatic carbocycles. The van der Waals surface area contributed by atoms with Gasteiger partial charge in [-0.3, -0.25) is 4.79 Å². The molecule has 2 saturated heterocycles. The summed E-state index contributed by atoms with van der Waals surface area (Å²) in [7, 11) is 0. The number of amides is 1. The smallest absolute Gasteiger partial charge is 0.220 e. The lowest BCUT2D eigenvalue weighted by atomic mass is 9.97. The highest BCUT2D eigenvalue weighted by Gasteiger charge is 2.51. The van der Waals surface area contributed by atoms with Crippen LogP contribution in [0.2, 0.25) is 0 Å². The Labute approximate surface area is 518 Å². The molecule has 2 heterocycles. The molecule has 2 aliphatic rings. The maximum absolute atomic E-state index is 13.3. The first kappa shape index (κ1) is 79.0. The van der Waals surface area contributed by atoms with Gasteiger partial charge in [0.15, 0.2) is 12.6 Å². The summed E-state index contributed by atoms with van der Waals surface area (Å²) in [4.78, 5) is 13.3. The van der Waals surface area contributed by atoms with Crippen LogP contribution in [-0.2, 0) is 23.7 Å². The fraction of sp³-hybridized carbons (Fsp3) is 0.873. The molecule has 2 fully saturated rings. The predicted octanol–water partition coefficient (Wildman–Crippen LogP) is 14.3. The van der Waals surface area contributed by atoms with Gasteiger partial charge >= 0.3 is 0 Å². The zero-order chi connectivity index (χ0) is 61.6. The molecule has 498 valence electrons. The molecule has 0 aromatic heterocycles. The van der Waals surface area contributed by atoms with Gasteiger partial charge in [0.25, 0.3) is 0 Å². The van der Waals surface area contributed by atoms with Crippen LogP contribution in [0, 0.1) is 0 Å². The molecule has 14 nitrogen and oxygen atoms in total. The zero-order valence-corrected chi connectivity index (χ0v) is 54.1. The Balaban J connectivity index is 1.49. The van der Waals surface area contributed by atoms with Crippen LogP contribution in [0.25, 0.3) is 0 Å².